The number of likely N-dealkylation sites (tertiary alicyclic amines) is 1. The Morgan fingerprint density at radius 1 is 1.50 bits per heavy atom. The number of hydrogen-bond donors (Lipinski definition) is 1. The van der Waals surface area contributed by atoms with Crippen LogP contribution in [0.1, 0.15) is 6.42 Å². The van der Waals surface area contributed by atoms with Gasteiger partial charge in [-0.1, -0.05) is 0 Å². The zero-order valence-electron chi connectivity index (χ0n) is 9.63. The highest BCUT2D eigenvalue weighted by molar-refractivity contribution is 9.10. The van der Waals surface area contributed by atoms with Crippen LogP contribution in [-0.4, -0.2) is 43.8 Å². The normalized spacial score (nSPS) is 20.4. The number of hydrogen-bond acceptors (Lipinski definition) is 4. The highest BCUT2D eigenvalue weighted by atomic mass is 79.9. The number of halogens is 1. The van der Waals surface area contributed by atoms with E-state index in [0.717, 1.165) is 0 Å². The van der Waals surface area contributed by atoms with Crippen molar-refractivity contribution in [2.24, 2.45) is 0 Å². The number of amides is 1. The Morgan fingerprint density at radius 3 is 2.78 bits per heavy atom. The maximum atomic E-state index is 12.1. The largest absolute Gasteiger partial charge is 0.344 e. The third-order valence-corrected chi connectivity index (χ3v) is 4.57. The number of carbonyl (C=O) groups excluding carboxylic acids is 1. The van der Waals surface area contributed by atoms with E-state index in [1.807, 2.05) is 0 Å². The summed E-state index contributed by atoms with van der Waals surface area (Å²) in [7, 11) is -1.98. The van der Waals surface area contributed by atoms with Crippen LogP contribution in [0.5, 0.6) is 0 Å². The van der Waals surface area contributed by atoms with Crippen molar-refractivity contribution in [2.75, 3.05) is 13.6 Å². The zero-order valence-corrected chi connectivity index (χ0v) is 12.0. The first kappa shape index (κ1) is 13.4. The van der Waals surface area contributed by atoms with Crippen LogP contribution in [0.4, 0.5) is 0 Å². The molecule has 0 bridgehead atoms. The van der Waals surface area contributed by atoms with Gasteiger partial charge in [0.1, 0.15) is 4.90 Å². The molecule has 0 aromatic carbocycles. The fourth-order valence-electron chi connectivity index (χ4n) is 1.77. The molecule has 0 saturated carbocycles. The summed E-state index contributed by atoms with van der Waals surface area (Å²) in [6.07, 6.45) is 2.97. The van der Waals surface area contributed by atoms with E-state index < -0.39 is 10.0 Å². The van der Waals surface area contributed by atoms with Gasteiger partial charge in [-0.3, -0.25) is 9.78 Å². The Kier molecular flexibility index (Phi) is 3.69. The van der Waals surface area contributed by atoms with Crippen LogP contribution < -0.4 is 4.72 Å². The maximum absolute atomic E-state index is 12.1. The number of rotatable bonds is 3. The Labute approximate surface area is 114 Å². The van der Waals surface area contributed by atoms with Gasteiger partial charge in [0.15, 0.2) is 0 Å². The van der Waals surface area contributed by atoms with Crippen LogP contribution in [0.3, 0.4) is 0 Å². The predicted molar refractivity (Wildman–Crippen MR) is 68.3 cm³/mol. The van der Waals surface area contributed by atoms with Crippen LogP contribution in [0.15, 0.2) is 27.8 Å². The van der Waals surface area contributed by atoms with Gasteiger partial charge in [0, 0.05) is 42.9 Å². The molecular weight excluding hydrogens is 322 g/mol. The first-order valence-corrected chi connectivity index (χ1v) is 7.53. The molecule has 1 aliphatic heterocycles. The number of pyridine rings is 1. The lowest BCUT2D eigenvalue weighted by atomic mass is 10.3. The summed E-state index contributed by atoms with van der Waals surface area (Å²) in [5.74, 6) is -0.0601. The third-order valence-electron chi connectivity index (χ3n) is 2.65. The molecule has 1 N–H and O–H groups in total. The van der Waals surface area contributed by atoms with E-state index in [9.17, 15) is 13.2 Å². The summed E-state index contributed by atoms with van der Waals surface area (Å²) in [5, 5.41) is 0. The van der Waals surface area contributed by atoms with E-state index in [2.05, 4.69) is 25.6 Å². The van der Waals surface area contributed by atoms with Crippen molar-refractivity contribution < 1.29 is 13.2 Å². The molecule has 98 valence electrons. The van der Waals surface area contributed by atoms with Crippen LogP contribution in [0.25, 0.3) is 0 Å². The van der Waals surface area contributed by atoms with E-state index in [0.29, 0.717) is 11.0 Å². The minimum atomic E-state index is -3.63. The van der Waals surface area contributed by atoms with Crippen molar-refractivity contribution in [2.45, 2.75) is 17.4 Å². The van der Waals surface area contributed by atoms with E-state index >= 15 is 0 Å². The fourth-order valence-corrected chi connectivity index (χ4v) is 3.50. The third kappa shape index (κ3) is 2.88. The average molecular weight is 334 g/mol. The second-order valence-electron chi connectivity index (χ2n) is 4.14. The summed E-state index contributed by atoms with van der Waals surface area (Å²) in [6.45, 7) is 0.388. The fraction of sp³-hybridized carbons (Fsp3) is 0.400. The molecule has 8 heteroatoms. The molecule has 0 spiro atoms. The molecule has 0 radical (unpaired) electrons. The molecule has 1 unspecified atom stereocenters. The van der Waals surface area contributed by atoms with Crippen LogP contribution >= 0.6 is 15.9 Å². The van der Waals surface area contributed by atoms with E-state index in [1.165, 1.54) is 23.4 Å². The molecule has 1 aliphatic rings. The number of nitrogens with zero attached hydrogens (tertiary/aromatic N) is 2. The van der Waals surface area contributed by atoms with Crippen molar-refractivity contribution in [1.29, 1.82) is 0 Å². The first-order valence-electron chi connectivity index (χ1n) is 5.25. The second-order valence-corrected chi connectivity index (χ2v) is 6.77. The number of likely N-dealkylation sites (N-methyl/N-ethyl adjacent to an activating group) is 1. The van der Waals surface area contributed by atoms with Gasteiger partial charge >= 0.3 is 0 Å². The summed E-state index contributed by atoms with van der Waals surface area (Å²) in [5.41, 5.74) is 0. The van der Waals surface area contributed by atoms with Gasteiger partial charge in [0.2, 0.25) is 15.9 Å². The quantitative estimate of drug-likeness (QED) is 0.865. The minimum Gasteiger partial charge on any atom is -0.344 e. The van der Waals surface area contributed by atoms with Crippen LogP contribution in [0, 0.1) is 0 Å². The van der Waals surface area contributed by atoms with E-state index in [4.69, 9.17) is 0 Å². The van der Waals surface area contributed by atoms with Gasteiger partial charge < -0.3 is 4.90 Å². The Morgan fingerprint density at radius 2 is 2.22 bits per heavy atom. The summed E-state index contributed by atoms with van der Waals surface area (Å²) in [4.78, 5) is 16.7. The summed E-state index contributed by atoms with van der Waals surface area (Å²) >= 11 is 3.17. The lowest BCUT2D eigenvalue weighted by molar-refractivity contribution is -0.126. The molecule has 18 heavy (non-hydrogen) atoms. The van der Waals surface area contributed by atoms with E-state index in [-0.39, 0.29) is 23.3 Å². The average Bonchev–Trinajstić information content (AvgIpc) is 2.57. The molecule has 6 nitrogen and oxygen atoms in total. The molecule has 1 amide bonds. The first-order chi connectivity index (χ1) is 8.38. The number of sulfonamides is 1. The highest BCUT2D eigenvalue weighted by Gasteiger charge is 2.30. The zero-order chi connectivity index (χ0) is 13.3. The van der Waals surface area contributed by atoms with E-state index in [1.54, 1.807) is 7.05 Å². The van der Waals surface area contributed by atoms with Crippen LogP contribution in [0.2, 0.25) is 0 Å². The second kappa shape index (κ2) is 4.94. The summed E-state index contributed by atoms with van der Waals surface area (Å²) in [6, 6.07) is 1.09. The Hall–Kier alpha value is -0.990. The maximum Gasteiger partial charge on any atom is 0.242 e. The predicted octanol–water partition coefficient (Wildman–Crippen LogP) is 0.353. The number of aromatic nitrogens is 1. The van der Waals surface area contributed by atoms with Crippen molar-refractivity contribution in [3.05, 3.63) is 22.9 Å². The lowest BCUT2D eigenvalue weighted by Gasteiger charge is -2.12. The highest BCUT2D eigenvalue weighted by Crippen LogP contribution is 2.16. The monoisotopic (exact) mass is 333 g/mol. The number of nitrogens with one attached hydrogen (secondary N) is 1. The molecule has 1 saturated heterocycles. The van der Waals surface area contributed by atoms with Crippen molar-refractivity contribution in [3.8, 4) is 0 Å². The molecule has 0 aliphatic carbocycles. The van der Waals surface area contributed by atoms with Gasteiger partial charge in [0.25, 0.3) is 0 Å². The van der Waals surface area contributed by atoms with Crippen molar-refractivity contribution in [3.63, 3.8) is 0 Å². The molecule has 1 fully saturated rings. The molecule has 2 rings (SSSR count). The lowest BCUT2D eigenvalue weighted by Crippen LogP contribution is -2.36. The molecule has 1 atom stereocenters. The topological polar surface area (TPSA) is 79.4 Å². The van der Waals surface area contributed by atoms with Gasteiger partial charge in [-0.15, -0.1) is 0 Å². The van der Waals surface area contributed by atoms with Gasteiger partial charge in [-0.05, 0) is 22.0 Å². The summed E-state index contributed by atoms with van der Waals surface area (Å²) < 4.78 is 27.2. The minimum absolute atomic E-state index is 0.0601. The van der Waals surface area contributed by atoms with Gasteiger partial charge in [-0.2, -0.15) is 0 Å². The standard InChI is InChI=1S/C10H12BrN3O3S/c1-14-6-8(3-10(14)15)13-18(16,17)9-2-7(11)4-12-5-9/h2,4-5,8,13H,3,6H2,1H3. The van der Waals surface area contributed by atoms with Gasteiger partial charge in [-0.25, -0.2) is 13.1 Å². The Balaban J connectivity index is 2.16. The molecule has 2 heterocycles. The van der Waals surface area contributed by atoms with Crippen molar-refractivity contribution in [1.82, 2.24) is 14.6 Å². The number of carbonyl (C=O) groups is 1. The van der Waals surface area contributed by atoms with Gasteiger partial charge in [0.05, 0.1) is 0 Å². The Bertz CT molecular complexity index is 575. The van der Waals surface area contributed by atoms with Crippen LogP contribution in [-0.2, 0) is 14.8 Å². The molecule has 1 aromatic rings. The molecular formula is C10H12BrN3O3S. The smallest absolute Gasteiger partial charge is 0.242 e. The van der Waals surface area contributed by atoms with Crippen molar-refractivity contribution >= 4 is 31.9 Å². The molecule has 1 aromatic heterocycles. The SMILES string of the molecule is CN1CC(NS(=O)(=O)c2cncc(Br)c2)CC1=O.